The van der Waals surface area contributed by atoms with Crippen LogP contribution in [0.2, 0.25) is 0 Å². The summed E-state index contributed by atoms with van der Waals surface area (Å²) in [6.45, 7) is 8.43. The molecular formula is C11H22O. The molecule has 2 fully saturated rings. The summed E-state index contributed by atoms with van der Waals surface area (Å²) in [5.41, 5.74) is 0.734. The third-order valence-corrected chi connectivity index (χ3v) is 3.61. The fraction of sp³-hybridized carbons (Fsp3) is 1.00. The number of hydrogen-bond acceptors (Lipinski definition) is 1. The van der Waals surface area contributed by atoms with Gasteiger partial charge in [-0.2, -0.15) is 0 Å². The van der Waals surface area contributed by atoms with Crippen molar-refractivity contribution in [1.29, 1.82) is 0 Å². The van der Waals surface area contributed by atoms with Gasteiger partial charge in [-0.25, -0.2) is 0 Å². The molecule has 2 aliphatic rings. The third-order valence-electron chi connectivity index (χ3n) is 3.61. The summed E-state index contributed by atoms with van der Waals surface area (Å²) in [6, 6.07) is 0. The van der Waals surface area contributed by atoms with Crippen molar-refractivity contribution < 1.29 is 4.74 Å². The molecule has 1 heterocycles. The Morgan fingerprint density at radius 3 is 1.92 bits per heavy atom. The Hall–Kier alpha value is -0.0400. The molecule has 0 radical (unpaired) electrons. The number of ether oxygens (including phenoxy) is 1. The van der Waals surface area contributed by atoms with Crippen molar-refractivity contribution in [3.63, 3.8) is 0 Å². The van der Waals surface area contributed by atoms with Crippen LogP contribution in [0, 0.1) is 11.3 Å². The van der Waals surface area contributed by atoms with Gasteiger partial charge in [0.15, 0.2) is 0 Å². The van der Waals surface area contributed by atoms with Crippen molar-refractivity contribution in [2.45, 2.75) is 46.5 Å². The molecule has 0 aromatic heterocycles. The van der Waals surface area contributed by atoms with Gasteiger partial charge in [0.2, 0.25) is 0 Å². The van der Waals surface area contributed by atoms with Gasteiger partial charge in [-0.15, -0.1) is 0 Å². The summed E-state index contributed by atoms with van der Waals surface area (Å²) in [5, 5.41) is 0. The highest BCUT2D eigenvalue weighted by atomic mass is 16.5. The predicted octanol–water partition coefficient (Wildman–Crippen LogP) is 3.24. The largest absolute Gasteiger partial charge is 0.381 e. The predicted molar refractivity (Wildman–Crippen MR) is 52.2 cm³/mol. The quantitative estimate of drug-likeness (QED) is 0.542. The van der Waals surface area contributed by atoms with Crippen LogP contribution < -0.4 is 0 Å². The minimum absolute atomic E-state index is 0.734. The first-order chi connectivity index (χ1) is 5.83. The fourth-order valence-electron chi connectivity index (χ4n) is 2.36. The molecule has 1 spiro atoms. The molecule has 0 amide bonds. The van der Waals surface area contributed by atoms with Gasteiger partial charge in [0.1, 0.15) is 0 Å². The average Bonchev–Trinajstić information content (AvgIpc) is 2.20. The molecule has 2 rings (SSSR count). The molecule has 1 nitrogen and oxygen atoms in total. The molecule has 1 saturated heterocycles. The lowest BCUT2D eigenvalue weighted by molar-refractivity contribution is -0.0685. The van der Waals surface area contributed by atoms with Crippen LogP contribution in [0.15, 0.2) is 0 Å². The van der Waals surface area contributed by atoms with Crippen molar-refractivity contribution in [2.24, 2.45) is 11.3 Å². The van der Waals surface area contributed by atoms with E-state index in [1.165, 1.54) is 25.7 Å². The Labute approximate surface area is 76.5 Å². The molecule has 1 aliphatic heterocycles. The Morgan fingerprint density at radius 1 is 1.08 bits per heavy atom. The topological polar surface area (TPSA) is 9.23 Å². The molecule has 72 valence electrons. The first-order valence-corrected chi connectivity index (χ1v) is 5.41. The first kappa shape index (κ1) is 10.0. The monoisotopic (exact) mass is 170 g/mol. The van der Waals surface area contributed by atoms with Crippen LogP contribution in [-0.4, -0.2) is 13.2 Å². The van der Waals surface area contributed by atoms with E-state index in [2.05, 4.69) is 6.92 Å². The smallest absolute Gasteiger partial charge is 0.0471 e. The molecule has 12 heavy (non-hydrogen) atoms. The Bertz CT molecular complexity index is 125. The highest BCUT2D eigenvalue weighted by Crippen LogP contribution is 2.52. The third kappa shape index (κ3) is 1.66. The van der Waals surface area contributed by atoms with E-state index in [0.717, 1.165) is 24.5 Å². The van der Waals surface area contributed by atoms with Crippen LogP contribution in [0.25, 0.3) is 0 Å². The summed E-state index contributed by atoms with van der Waals surface area (Å²) in [4.78, 5) is 0. The second kappa shape index (κ2) is 4.27. The zero-order valence-corrected chi connectivity index (χ0v) is 8.73. The van der Waals surface area contributed by atoms with Gasteiger partial charge < -0.3 is 4.74 Å². The van der Waals surface area contributed by atoms with Crippen molar-refractivity contribution in [3.05, 3.63) is 0 Å². The fourth-order valence-corrected chi connectivity index (χ4v) is 2.36. The molecule has 1 unspecified atom stereocenters. The van der Waals surface area contributed by atoms with E-state index >= 15 is 0 Å². The SMILES string of the molecule is CC.CC1CCC12CCOCC2. The van der Waals surface area contributed by atoms with Crippen molar-refractivity contribution >= 4 is 0 Å². The zero-order chi connectivity index (χ0) is 9.03. The van der Waals surface area contributed by atoms with Crippen LogP contribution in [0.3, 0.4) is 0 Å². The van der Waals surface area contributed by atoms with Crippen molar-refractivity contribution in [2.75, 3.05) is 13.2 Å². The maximum Gasteiger partial charge on any atom is 0.0471 e. The minimum atomic E-state index is 0.734. The number of hydrogen-bond donors (Lipinski definition) is 0. The van der Waals surface area contributed by atoms with E-state index in [0.29, 0.717) is 0 Å². The van der Waals surface area contributed by atoms with Gasteiger partial charge in [0, 0.05) is 13.2 Å². The zero-order valence-electron chi connectivity index (χ0n) is 8.73. The van der Waals surface area contributed by atoms with Crippen molar-refractivity contribution in [1.82, 2.24) is 0 Å². The molecule has 1 atom stereocenters. The lowest BCUT2D eigenvalue weighted by Crippen LogP contribution is -2.42. The Balaban J connectivity index is 0.000000336. The summed E-state index contributed by atoms with van der Waals surface area (Å²) in [6.07, 6.45) is 5.58. The second-order valence-electron chi connectivity index (χ2n) is 3.91. The van der Waals surface area contributed by atoms with Crippen LogP contribution >= 0.6 is 0 Å². The highest BCUT2D eigenvalue weighted by Gasteiger charge is 2.44. The van der Waals surface area contributed by atoms with Crippen LogP contribution in [-0.2, 0) is 4.74 Å². The molecule has 0 aromatic carbocycles. The Kier molecular flexibility index (Phi) is 3.57. The molecule has 0 N–H and O–H groups in total. The normalized spacial score (nSPS) is 31.8. The molecule has 1 saturated carbocycles. The van der Waals surface area contributed by atoms with E-state index in [1.807, 2.05) is 13.8 Å². The summed E-state index contributed by atoms with van der Waals surface area (Å²) in [7, 11) is 0. The summed E-state index contributed by atoms with van der Waals surface area (Å²) < 4.78 is 5.35. The van der Waals surface area contributed by atoms with Crippen LogP contribution in [0.4, 0.5) is 0 Å². The van der Waals surface area contributed by atoms with Crippen LogP contribution in [0.1, 0.15) is 46.5 Å². The standard InChI is InChI=1S/C9H16O.C2H6/c1-8-2-3-9(8)4-6-10-7-5-9;1-2/h8H,2-7H2,1H3;1-2H3. The summed E-state index contributed by atoms with van der Waals surface area (Å²) >= 11 is 0. The van der Waals surface area contributed by atoms with Crippen LogP contribution in [0.5, 0.6) is 0 Å². The second-order valence-corrected chi connectivity index (χ2v) is 3.91. The maximum atomic E-state index is 5.35. The lowest BCUT2D eigenvalue weighted by atomic mass is 9.57. The molecule has 1 heteroatoms. The van der Waals surface area contributed by atoms with Crippen molar-refractivity contribution in [3.8, 4) is 0 Å². The summed E-state index contributed by atoms with van der Waals surface area (Å²) in [5.74, 6) is 0.983. The van der Waals surface area contributed by atoms with E-state index in [-0.39, 0.29) is 0 Å². The molecular weight excluding hydrogens is 148 g/mol. The van der Waals surface area contributed by atoms with E-state index in [9.17, 15) is 0 Å². The van der Waals surface area contributed by atoms with E-state index < -0.39 is 0 Å². The molecule has 1 aliphatic carbocycles. The molecule has 0 bridgehead atoms. The Morgan fingerprint density at radius 2 is 1.67 bits per heavy atom. The average molecular weight is 170 g/mol. The lowest BCUT2D eigenvalue weighted by Gasteiger charge is -2.50. The van der Waals surface area contributed by atoms with Gasteiger partial charge >= 0.3 is 0 Å². The molecule has 0 aromatic rings. The van der Waals surface area contributed by atoms with Gasteiger partial charge in [0.25, 0.3) is 0 Å². The van der Waals surface area contributed by atoms with Gasteiger partial charge in [0.05, 0.1) is 0 Å². The maximum absolute atomic E-state index is 5.35. The number of rotatable bonds is 0. The van der Waals surface area contributed by atoms with Gasteiger partial charge in [-0.3, -0.25) is 0 Å². The highest BCUT2D eigenvalue weighted by molar-refractivity contribution is 4.94. The minimum Gasteiger partial charge on any atom is -0.381 e. The van der Waals surface area contributed by atoms with E-state index in [4.69, 9.17) is 4.74 Å². The van der Waals surface area contributed by atoms with E-state index in [1.54, 1.807) is 0 Å². The first-order valence-electron chi connectivity index (χ1n) is 5.41. The van der Waals surface area contributed by atoms with Gasteiger partial charge in [-0.05, 0) is 37.0 Å². The van der Waals surface area contributed by atoms with Gasteiger partial charge in [-0.1, -0.05) is 20.8 Å².